The topological polar surface area (TPSA) is 46.5 Å². The second-order valence-electron chi connectivity index (χ2n) is 4.92. The SMILES string of the molecule is CC(=CCOC1CCC(C)C(C)C1)C(=O)O. The second-order valence-corrected chi connectivity index (χ2v) is 4.92. The van der Waals surface area contributed by atoms with Gasteiger partial charge in [0.15, 0.2) is 0 Å². The molecule has 0 aromatic carbocycles. The van der Waals surface area contributed by atoms with Crippen LogP contribution in [0.2, 0.25) is 0 Å². The summed E-state index contributed by atoms with van der Waals surface area (Å²) < 4.78 is 5.68. The van der Waals surface area contributed by atoms with Crippen molar-refractivity contribution in [1.29, 1.82) is 0 Å². The van der Waals surface area contributed by atoms with Gasteiger partial charge in [0.05, 0.1) is 12.7 Å². The highest BCUT2D eigenvalue weighted by molar-refractivity contribution is 5.85. The monoisotopic (exact) mass is 226 g/mol. The molecule has 16 heavy (non-hydrogen) atoms. The van der Waals surface area contributed by atoms with Crippen molar-refractivity contribution in [2.75, 3.05) is 6.61 Å². The van der Waals surface area contributed by atoms with Crippen molar-refractivity contribution in [3.8, 4) is 0 Å². The molecule has 0 aliphatic heterocycles. The van der Waals surface area contributed by atoms with E-state index in [2.05, 4.69) is 13.8 Å². The van der Waals surface area contributed by atoms with E-state index in [0.717, 1.165) is 18.8 Å². The summed E-state index contributed by atoms with van der Waals surface area (Å²) in [5.41, 5.74) is 0.359. The van der Waals surface area contributed by atoms with Crippen molar-refractivity contribution < 1.29 is 14.6 Å². The van der Waals surface area contributed by atoms with Crippen molar-refractivity contribution in [3.05, 3.63) is 11.6 Å². The quantitative estimate of drug-likeness (QED) is 0.750. The Morgan fingerprint density at radius 2 is 2.06 bits per heavy atom. The number of aliphatic carboxylic acids is 1. The molecular weight excluding hydrogens is 204 g/mol. The number of hydrogen-bond donors (Lipinski definition) is 1. The van der Waals surface area contributed by atoms with E-state index in [0.29, 0.717) is 24.2 Å². The van der Waals surface area contributed by atoms with Crippen molar-refractivity contribution in [1.82, 2.24) is 0 Å². The molecule has 0 heterocycles. The summed E-state index contributed by atoms with van der Waals surface area (Å²) >= 11 is 0. The molecule has 1 saturated carbocycles. The van der Waals surface area contributed by atoms with E-state index in [-0.39, 0.29) is 0 Å². The molecule has 3 atom stereocenters. The summed E-state index contributed by atoms with van der Waals surface area (Å²) in [5.74, 6) is 0.633. The van der Waals surface area contributed by atoms with Crippen LogP contribution in [0.5, 0.6) is 0 Å². The molecule has 0 saturated heterocycles. The number of carbonyl (C=O) groups is 1. The first-order chi connectivity index (χ1) is 7.50. The summed E-state index contributed by atoms with van der Waals surface area (Å²) in [7, 11) is 0. The van der Waals surface area contributed by atoms with E-state index < -0.39 is 5.97 Å². The van der Waals surface area contributed by atoms with Gasteiger partial charge in [-0.15, -0.1) is 0 Å². The molecule has 1 rings (SSSR count). The van der Waals surface area contributed by atoms with Crippen molar-refractivity contribution in [2.24, 2.45) is 11.8 Å². The second kappa shape index (κ2) is 6.04. The largest absolute Gasteiger partial charge is 0.478 e. The average molecular weight is 226 g/mol. The number of carboxylic acids is 1. The smallest absolute Gasteiger partial charge is 0.331 e. The summed E-state index contributed by atoms with van der Waals surface area (Å²) in [6.07, 6.45) is 5.37. The van der Waals surface area contributed by atoms with E-state index in [1.165, 1.54) is 6.42 Å². The Labute approximate surface area is 97.5 Å². The molecule has 92 valence electrons. The van der Waals surface area contributed by atoms with Gasteiger partial charge < -0.3 is 9.84 Å². The van der Waals surface area contributed by atoms with Crippen LogP contribution < -0.4 is 0 Å². The molecule has 0 aromatic rings. The Morgan fingerprint density at radius 1 is 1.38 bits per heavy atom. The lowest BCUT2D eigenvalue weighted by Gasteiger charge is -2.31. The third-order valence-corrected chi connectivity index (χ3v) is 3.61. The Morgan fingerprint density at radius 3 is 2.62 bits per heavy atom. The average Bonchev–Trinajstić information content (AvgIpc) is 2.23. The number of rotatable bonds is 4. The zero-order valence-corrected chi connectivity index (χ0v) is 10.4. The van der Waals surface area contributed by atoms with Crippen molar-refractivity contribution in [2.45, 2.75) is 46.1 Å². The predicted molar refractivity (Wildman–Crippen MR) is 63.3 cm³/mol. The number of hydrogen-bond acceptors (Lipinski definition) is 2. The first-order valence-corrected chi connectivity index (χ1v) is 6.02. The van der Waals surface area contributed by atoms with Crippen LogP contribution >= 0.6 is 0 Å². The molecule has 1 N–H and O–H groups in total. The Kier molecular flexibility index (Phi) is 5.00. The molecule has 0 amide bonds. The maximum Gasteiger partial charge on any atom is 0.331 e. The zero-order valence-electron chi connectivity index (χ0n) is 10.4. The van der Waals surface area contributed by atoms with Crippen molar-refractivity contribution >= 4 is 5.97 Å². The third-order valence-electron chi connectivity index (χ3n) is 3.61. The Hall–Kier alpha value is -0.830. The van der Waals surface area contributed by atoms with E-state index in [1.54, 1.807) is 13.0 Å². The highest BCUT2D eigenvalue weighted by Gasteiger charge is 2.24. The minimum Gasteiger partial charge on any atom is -0.478 e. The molecule has 3 unspecified atom stereocenters. The van der Waals surface area contributed by atoms with Gasteiger partial charge in [-0.05, 0) is 44.1 Å². The predicted octanol–water partition coefficient (Wildman–Crippen LogP) is 2.86. The van der Waals surface area contributed by atoms with Crippen LogP contribution in [0.25, 0.3) is 0 Å². The van der Waals surface area contributed by atoms with Crippen LogP contribution in [0.3, 0.4) is 0 Å². The fourth-order valence-electron chi connectivity index (χ4n) is 2.05. The van der Waals surface area contributed by atoms with Gasteiger partial charge in [-0.1, -0.05) is 13.8 Å². The fourth-order valence-corrected chi connectivity index (χ4v) is 2.05. The van der Waals surface area contributed by atoms with Crippen LogP contribution in [0, 0.1) is 11.8 Å². The molecule has 3 heteroatoms. The fraction of sp³-hybridized carbons (Fsp3) is 0.769. The van der Waals surface area contributed by atoms with Crippen molar-refractivity contribution in [3.63, 3.8) is 0 Å². The third kappa shape index (κ3) is 3.97. The molecule has 0 spiro atoms. The number of ether oxygens (including phenoxy) is 1. The summed E-state index contributed by atoms with van der Waals surface area (Å²) in [6, 6.07) is 0. The lowest BCUT2D eigenvalue weighted by Crippen LogP contribution is -2.26. The van der Waals surface area contributed by atoms with Gasteiger partial charge in [0.2, 0.25) is 0 Å². The van der Waals surface area contributed by atoms with E-state index >= 15 is 0 Å². The maximum atomic E-state index is 10.6. The highest BCUT2D eigenvalue weighted by Crippen LogP contribution is 2.30. The standard InChI is InChI=1S/C13H22O3/c1-9-4-5-12(8-11(9)3)16-7-6-10(2)13(14)15/h6,9,11-12H,4-5,7-8H2,1-3H3,(H,14,15). The molecule has 0 radical (unpaired) electrons. The first kappa shape index (κ1) is 13.2. The Bertz CT molecular complexity index is 270. The van der Waals surface area contributed by atoms with E-state index in [4.69, 9.17) is 9.84 Å². The van der Waals surface area contributed by atoms with Crippen LogP contribution in [-0.2, 0) is 9.53 Å². The molecule has 3 nitrogen and oxygen atoms in total. The normalized spacial score (nSPS) is 31.4. The molecule has 0 bridgehead atoms. The minimum atomic E-state index is -0.866. The lowest BCUT2D eigenvalue weighted by molar-refractivity contribution is -0.132. The summed E-state index contributed by atoms with van der Waals surface area (Å²) in [5, 5.41) is 8.67. The molecule has 0 aromatic heterocycles. The maximum absolute atomic E-state index is 10.6. The van der Waals surface area contributed by atoms with Crippen LogP contribution in [0.4, 0.5) is 0 Å². The van der Waals surface area contributed by atoms with Gasteiger partial charge in [-0.3, -0.25) is 0 Å². The van der Waals surface area contributed by atoms with Gasteiger partial charge in [0.25, 0.3) is 0 Å². The van der Waals surface area contributed by atoms with Crippen LogP contribution in [-0.4, -0.2) is 23.8 Å². The minimum absolute atomic E-state index is 0.309. The van der Waals surface area contributed by atoms with E-state index in [1.807, 2.05) is 0 Å². The van der Waals surface area contributed by atoms with Gasteiger partial charge in [-0.2, -0.15) is 0 Å². The highest BCUT2D eigenvalue weighted by atomic mass is 16.5. The van der Waals surface area contributed by atoms with Gasteiger partial charge in [0.1, 0.15) is 0 Å². The van der Waals surface area contributed by atoms with Gasteiger partial charge >= 0.3 is 5.97 Å². The first-order valence-electron chi connectivity index (χ1n) is 6.02. The Balaban J connectivity index is 2.29. The van der Waals surface area contributed by atoms with Gasteiger partial charge in [0, 0.05) is 5.57 Å². The van der Waals surface area contributed by atoms with Crippen LogP contribution in [0.15, 0.2) is 11.6 Å². The molecule has 1 fully saturated rings. The summed E-state index contributed by atoms with van der Waals surface area (Å²) in [4.78, 5) is 10.6. The molecule has 1 aliphatic rings. The lowest BCUT2D eigenvalue weighted by atomic mass is 9.80. The van der Waals surface area contributed by atoms with Crippen LogP contribution in [0.1, 0.15) is 40.0 Å². The molecular formula is C13H22O3. The zero-order chi connectivity index (χ0) is 12.1. The van der Waals surface area contributed by atoms with E-state index in [9.17, 15) is 4.79 Å². The number of carboxylic acid groups (broad SMARTS) is 1. The molecule has 1 aliphatic carbocycles. The summed E-state index contributed by atoms with van der Waals surface area (Å²) in [6.45, 7) is 6.56. The van der Waals surface area contributed by atoms with Gasteiger partial charge in [-0.25, -0.2) is 4.79 Å².